The maximum absolute atomic E-state index is 12.8. The first kappa shape index (κ1) is 15.1. The van der Waals surface area contributed by atoms with Crippen molar-refractivity contribution in [1.82, 2.24) is 4.90 Å². The second-order valence-electron chi connectivity index (χ2n) is 6.94. The highest BCUT2D eigenvalue weighted by Crippen LogP contribution is 2.42. The summed E-state index contributed by atoms with van der Waals surface area (Å²) < 4.78 is 0. The fraction of sp³-hybridized carbons (Fsp3) is 0.556. The Morgan fingerprint density at radius 1 is 1.14 bits per heavy atom. The van der Waals surface area contributed by atoms with E-state index in [1.807, 2.05) is 37.3 Å². The molecule has 1 saturated heterocycles. The minimum Gasteiger partial charge on any atom is -0.481 e. The number of rotatable bonds is 3. The Bertz CT molecular complexity index is 563. The lowest BCUT2D eigenvalue weighted by Crippen LogP contribution is -2.40. The predicted octanol–water partition coefficient (Wildman–Crippen LogP) is 2.89. The van der Waals surface area contributed by atoms with Crippen LogP contribution in [0.5, 0.6) is 0 Å². The van der Waals surface area contributed by atoms with Crippen LogP contribution in [0.25, 0.3) is 0 Å². The molecule has 0 spiro atoms. The van der Waals surface area contributed by atoms with Crippen LogP contribution in [0.4, 0.5) is 0 Å². The highest BCUT2D eigenvalue weighted by molar-refractivity contribution is 5.84. The molecule has 1 saturated carbocycles. The van der Waals surface area contributed by atoms with Gasteiger partial charge in [0.25, 0.3) is 0 Å². The summed E-state index contributed by atoms with van der Waals surface area (Å²) in [6, 6.07) is 9.71. The third-order valence-corrected chi connectivity index (χ3v) is 5.38. The second-order valence-corrected chi connectivity index (χ2v) is 6.94. The first-order chi connectivity index (χ1) is 10.5. The number of carboxylic acids is 1. The molecule has 1 aromatic carbocycles. The largest absolute Gasteiger partial charge is 0.481 e. The maximum Gasteiger partial charge on any atom is 0.308 e. The average molecular weight is 301 g/mol. The molecule has 1 amide bonds. The number of amides is 1. The van der Waals surface area contributed by atoms with E-state index in [4.69, 9.17) is 0 Å². The Morgan fingerprint density at radius 3 is 2.36 bits per heavy atom. The molecule has 22 heavy (non-hydrogen) atoms. The van der Waals surface area contributed by atoms with Gasteiger partial charge >= 0.3 is 5.97 Å². The Balaban J connectivity index is 1.82. The summed E-state index contributed by atoms with van der Waals surface area (Å²) in [7, 11) is 0. The van der Waals surface area contributed by atoms with Crippen LogP contribution in [-0.4, -0.2) is 35.0 Å². The number of nitrogens with zero attached hydrogens (tertiary/aromatic N) is 1. The quantitative estimate of drug-likeness (QED) is 0.934. The van der Waals surface area contributed by atoms with Crippen molar-refractivity contribution in [2.24, 2.45) is 11.3 Å². The van der Waals surface area contributed by atoms with Gasteiger partial charge in [0.15, 0.2) is 0 Å². The van der Waals surface area contributed by atoms with Crippen LogP contribution in [0.3, 0.4) is 0 Å². The zero-order valence-corrected chi connectivity index (χ0v) is 13.0. The summed E-state index contributed by atoms with van der Waals surface area (Å²) in [5, 5.41) is 9.54. The minimum atomic E-state index is -0.805. The minimum absolute atomic E-state index is 0.104. The van der Waals surface area contributed by atoms with Crippen molar-refractivity contribution in [3.8, 4) is 0 Å². The molecule has 0 bridgehead atoms. The molecule has 1 aromatic rings. The molecule has 3 rings (SSSR count). The molecule has 2 atom stereocenters. The first-order valence-corrected chi connectivity index (χ1v) is 8.08. The number of carbonyl (C=O) groups excluding carboxylic acids is 1. The van der Waals surface area contributed by atoms with E-state index >= 15 is 0 Å². The lowest BCUT2D eigenvalue weighted by Gasteiger charge is -2.28. The lowest BCUT2D eigenvalue weighted by molar-refractivity contribution is -0.143. The van der Waals surface area contributed by atoms with Gasteiger partial charge in [0.2, 0.25) is 5.91 Å². The van der Waals surface area contributed by atoms with Gasteiger partial charge in [-0.1, -0.05) is 50.1 Å². The first-order valence-electron chi connectivity index (χ1n) is 8.08. The van der Waals surface area contributed by atoms with Crippen LogP contribution >= 0.6 is 0 Å². The molecular formula is C18H23NO3. The molecule has 4 heteroatoms. The molecule has 0 radical (unpaired) electrons. The number of likely N-dealkylation sites (tertiary alicyclic amines) is 1. The molecule has 2 unspecified atom stereocenters. The lowest BCUT2D eigenvalue weighted by atomic mass is 9.87. The third kappa shape index (κ3) is 2.62. The Morgan fingerprint density at radius 2 is 1.77 bits per heavy atom. The molecule has 1 aliphatic heterocycles. The molecule has 1 heterocycles. The maximum atomic E-state index is 12.8. The number of hydrogen-bond donors (Lipinski definition) is 1. The van der Waals surface area contributed by atoms with Gasteiger partial charge in [0.05, 0.1) is 5.92 Å². The fourth-order valence-electron chi connectivity index (χ4n) is 4.01. The number of benzene rings is 1. The van der Waals surface area contributed by atoms with Gasteiger partial charge in [0.1, 0.15) is 0 Å². The second kappa shape index (κ2) is 5.75. The summed E-state index contributed by atoms with van der Waals surface area (Å²) in [6.45, 7) is 2.90. The van der Waals surface area contributed by atoms with Gasteiger partial charge in [-0.15, -0.1) is 0 Å². The van der Waals surface area contributed by atoms with Gasteiger partial charge in [-0.3, -0.25) is 9.59 Å². The van der Waals surface area contributed by atoms with Crippen molar-refractivity contribution in [3.63, 3.8) is 0 Å². The van der Waals surface area contributed by atoms with E-state index in [0.29, 0.717) is 13.1 Å². The van der Waals surface area contributed by atoms with Crippen molar-refractivity contribution in [2.75, 3.05) is 13.1 Å². The van der Waals surface area contributed by atoms with Crippen molar-refractivity contribution in [3.05, 3.63) is 35.9 Å². The molecule has 2 aliphatic rings. The van der Waals surface area contributed by atoms with E-state index in [-0.39, 0.29) is 17.2 Å². The van der Waals surface area contributed by atoms with Gasteiger partial charge in [-0.25, -0.2) is 0 Å². The zero-order chi connectivity index (χ0) is 15.7. The molecule has 1 aliphatic carbocycles. The average Bonchev–Trinajstić information content (AvgIpc) is 3.15. The van der Waals surface area contributed by atoms with E-state index in [1.54, 1.807) is 4.90 Å². The molecule has 4 nitrogen and oxygen atoms in total. The topological polar surface area (TPSA) is 57.6 Å². The molecule has 0 aromatic heterocycles. The zero-order valence-electron chi connectivity index (χ0n) is 13.0. The van der Waals surface area contributed by atoms with Crippen LogP contribution in [-0.2, 0) is 9.59 Å². The van der Waals surface area contributed by atoms with Crippen molar-refractivity contribution >= 4 is 11.9 Å². The Kier molecular flexibility index (Phi) is 3.94. The molecule has 118 valence electrons. The van der Waals surface area contributed by atoms with Gasteiger partial charge < -0.3 is 10.0 Å². The van der Waals surface area contributed by atoms with Crippen LogP contribution in [0.2, 0.25) is 0 Å². The summed E-state index contributed by atoms with van der Waals surface area (Å²) in [6.07, 6.45) is 4.05. The molecular weight excluding hydrogens is 278 g/mol. The van der Waals surface area contributed by atoms with E-state index in [0.717, 1.165) is 31.2 Å². The fourth-order valence-corrected chi connectivity index (χ4v) is 4.01. The summed E-state index contributed by atoms with van der Waals surface area (Å²) in [4.78, 5) is 26.3. The van der Waals surface area contributed by atoms with Crippen LogP contribution < -0.4 is 0 Å². The van der Waals surface area contributed by atoms with Gasteiger partial charge in [-0.05, 0) is 18.4 Å². The smallest absolute Gasteiger partial charge is 0.308 e. The Labute approximate surface area is 131 Å². The highest BCUT2D eigenvalue weighted by atomic mass is 16.4. The third-order valence-electron chi connectivity index (χ3n) is 5.38. The number of carboxylic acid groups (broad SMARTS) is 1. The predicted molar refractivity (Wildman–Crippen MR) is 83.5 cm³/mol. The monoisotopic (exact) mass is 301 g/mol. The summed E-state index contributed by atoms with van der Waals surface area (Å²) in [5.41, 5.74) is 0.732. The number of hydrogen-bond acceptors (Lipinski definition) is 2. The standard InChI is InChI=1S/C18H23NO3/c1-18(9-5-6-10-18)17(22)19-11-14(15(12-19)16(20)21)13-7-3-2-4-8-13/h2-4,7-8,14-15H,5-6,9-12H2,1H3,(H,20,21). The van der Waals surface area contributed by atoms with Crippen LogP contribution in [0.1, 0.15) is 44.1 Å². The normalized spacial score (nSPS) is 27.0. The van der Waals surface area contributed by atoms with Crippen molar-refractivity contribution in [1.29, 1.82) is 0 Å². The van der Waals surface area contributed by atoms with E-state index in [2.05, 4.69) is 0 Å². The van der Waals surface area contributed by atoms with Crippen molar-refractivity contribution in [2.45, 2.75) is 38.5 Å². The van der Waals surface area contributed by atoms with Gasteiger partial charge in [-0.2, -0.15) is 0 Å². The van der Waals surface area contributed by atoms with E-state index < -0.39 is 11.9 Å². The van der Waals surface area contributed by atoms with E-state index in [1.165, 1.54) is 0 Å². The van der Waals surface area contributed by atoms with Crippen molar-refractivity contribution < 1.29 is 14.7 Å². The van der Waals surface area contributed by atoms with Crippen LogP contribution in [0, 0.1) is 11.3 Å². The molecule has 2 fully saturated rings. The summed E-state index contributed by atoms with van der Waals surface area (Å²) >= 11 is 0. The Hall–Kier alpha value is -1.84. The number of aliphatic carboxylic acids is 1. The van der Waals surface area contributed by atoms with E-state index in [9.17, 15) is 14.7 Å². The highest BCUT2D eigenvalue weighted by Gasteiger charge is 2.46. The van der Waals surface area contributed by atoms with Crippen LogP contribution in [0.15, 0.2) is 30.3 Å². The SMILES string of the molecule is CC1(C(=O)N2CC(C(=O)O)C(c3ccccc3)C2)CCCC1. The number of carbonyl (C=O) groups is 2. The molecule has 1 N–H and O–H groups in total. The summed E-state index contributed by atoms with van der Waals surface area (Å²) in [5.74, 6) is -1.26. The van der Waals surface area contributed by atoms with Gasteiger partial charge in [0, 0.05) is 24.4 Å².